The Morgan fingerprint density at radius 2 is 2.27 bits per heavy atom. The topological polar surface area (TPSA) is 26.0 Å². The van der Waals surface area contributed by atoms with E-state index >= 15 is 0 Å². The number of hydrogen-bond donors (Lipinski definition) is 1. The van der Waals surface area contributed by atoms with Gasteiger partial charge in [0.25, 0.3) is 0 Å². The highest BCUT2D eigenvalue weighted by Crippen LogP contribution is 2.11. The molecule has 58 valence electrons. The zero-order valence-corrected chi connectivity index (χ0v) is 6.75. The summed E-state index contributed by atoms with van der Waals surface area (Å²) in [6.45, 7) is 5.70. The fraction of sp³-hybridized carbons (Fsp3) is 0.200. The third kappa shape index (κ3) is 1.92. The van der Waals surface area contributed by atoms with Crippen LogP contribution in [0.15, 0.2) is 36.9 Å². The van der Waals surface area contributed by atoms with E-state index in [1.165, 1.54) is 5.56 Å². The molecule has 1 aromatic carbocycles. The van der Waals surface area contributed by atoms with Crippen molar-refractivity contribution in [2.45, 2.75) is 13.0 Å². The van der Waals surface area contributed by atoms with Crippen LogP contribution < -0.4 is 5.73 Å². The number of rotatable bonds is 2. The smallest absolute Gasteiger partial charge is 0.0478 e. The normalized spacial score (nSPS) is 12.5. The van der Waals surface area contributed by atoms with Crippen LogP contribution in [0.4, 0.5) is 0 Å². The molecular weight excluding hydrogens is 134 g/mol. The second kappa shape index (κ2) is 3.35. The van der Waals surface area contributed by atoms with Crippen molar-refractivity contribution < 1.29 is 0 Å². The van der Waals surface area contributed by atoms with E-state index in [-0.39, 0.29) is 6.04 Å². The molecule has 1 aromatic rings. The predicted octanol–water partition coefficient (Wildman–Crippen LogP) is 2.18. The van der Waals surface area contributed by atoms with E-state index in [4.69, 9.17) is 5.73 Å². The van der Waals surface area contributed by atoms with Gasteiger partial charge in [-0.1, -0.05) is 35.9 Å². The zero-order valence-electron chi connectivity index (χ0n) is 6.75. The summed E-state index contributed by atoms with van der Waals surface area (Å²) < 4.78 is 0. The molecule has 0 amide bonds. The van der Waals surface area contributed by atoms with Crippen molar-refractivity contribution in [2.75, 3.05) is 0 Å². The Bertz CT molecular complexity index is 253. The summed E-state index contributed by atoms with van der Waals surface area (Å²) in [6, 6.07) is 8.12. The Labute approximate surface area is 67.5 Å². The molecule has 0 heterocycles. The van der Waals surface area contributed by atoms with E-state index in [1.54, 1.807) is 6.08 Å². The molecule has 1 nitrogen and oxygen atoms in total. The molecule has 2 N–H and O–H groups in total. The molecule has 0 radical (unpaired) electrons. The van der Waals surface area contributed by atoms with Crippen molar-refractivity contribution in [3.63, 3.8) is 0 Å². The van der Waals surface area contributed by atoms with Crippen LogP contribution in [0.5, 0.6) is 0 Å². The van der Waals surface area contributed by atoms with Crippen LogP contribution >= 0.6 is 0 Å². The van der Waals surface area contributed by atoms with Crippen molar-refractivity contribution in [1.82, 2.24) is 0 Å². The molecule has 0 spiro atoms. The summed E-state index contributed by atoms with van der Waals surface area (Å²) in [5.74, 6) is 0. The van der Waals surface area contributed by atoms with Crippen LogP contribution in [0.2, 0.25) is 0 Å². The highest BCUT2D eigenvalue weighted by Gasteiger charge is 1.98. The molecule has 1 rings (SSSR count). The van der Waals surface area contributed by atoms with E-state index in [1.807, 2.05) is 12.1 Å². The molecule has 0 bridgehead atoms. The first-order valence-electron chi connectivity index (χ1n) is 3.68. The maximum atomic E-state index is 5.75. The van der Waals surface area contributed by atoms with Gasteiger partial charge in [-0.15, -0.1) is 6.58 Å². The lowest BCUT2D eigenvalue weighted by atomic mass is 10.1. The van der Waals surface area contributed by atoms with Gasteiger partial charge in [0.1, 0.15) is 0 Å². The summed E-state index contributed by atoms with van der Waals surface area (Å²) in [7, 11) is 0. The number of aryl methyl sites for hydroxylation is 1. The fourth-order valence-electron chi connectivity index (χ4n) is 1.01. The first-order chi connectivity index (χ1) is 5.24. The summed E-state index contributed by atoms with van der Waals surface area (Å²) in [5.41, 5.74) is 8.11. The second-order valence-corrected chi connectivity index (χ2v) is 2.68. The molecule has 0 aliphatic heterocycles. The van der Waals surface area contributed by atoms with E-state index in [0.717, 1.165) is 5.56 Å². The maximum Gasteiger partial charge on any atom is 0.0478 e. The lowest BCUT2D eigenvalue weighted by molar-refractivity contribution is 0.912. The fourth-order valence-corrected chi connectivity index (χ4v) is 1.01. The summed E-state index contributed by atoms with van der Waals surface area (Å²) in [4.78, 5) is 0. The third-order valence-electron chi connectivity index (χ3n) is 1.68. The van der Waals surface area contributed by atoms with Gasteiger partial charge in [-0.25, -0.2) is 0 Å². The summed E-state index contributed by atoms with van der Waals surface area (Å²) in [5, 5.41) is 0. The van der Waals surface area contributed by atoms with Crippen molar-refractivity contribution in [2.24, 2.45) is 5.73 Å². The van der Waals surface area contributed by atoms with Crippen LogP contribution in [-0.4, -0.2) is 0 Å². The van der Waals surface area contributed by atoms with Gasteiger partial charge in [0.2, 0.25) is 0 Å². The van der Waals surface area contributed by atoms with Gasteiger partial charge in [-0.3, -0.25) is 0 Å². The largest absolute Gasteiger partial charge is 0.321 e. The van der Waals surface area contributed by atoms with Crippen LogP contribution in [0.25, 0.3) is 0 Å². The van der Waals surface area contributed by atoms with Crippen molar-refractivity contribution in [1.29, 1.82) is 0 Å². The molecule has 11 heavy (non-hydrogen) atoms. The van der Waals surface area contributed by atoms with Gasteiger partial charge < -0.3 is 5.73 Å². The lowest BCUT2D eigenvalue weighted by Gasteiger charge is -2.06. The molecule has 0 aromatic heterocycles. The van der Waals surface area contributed by atoms with Crippen LogP contribution in [0.1, 0.15) is 17.2 Å². The van der Waals surface area contributed by atoms with Gasteiger partial charge in [-0.05, 0) is 12.5 Å². The first-order valence-corrected chi connectivity index (χ1v) is 3.68. The monoisotopic (exact) mass is 147 g/mol. The van der Waals surface area contributed by atoms with Gasteiger partial charge in [0.05, 0.1) is 0 Å². The van der Waals surface area contributed by atoms with Crippen LogP contribution in [0, 0.1) is 6.92 Å². The number of nitrogens with two attached hydrogens (primary N) is 1. The Kier molecular flexibility index (Phi) is 2.44. The lowest BCUT2D eigenvalue weighted by Crippen LogP contribution is -2.06. The molecule has 0 aliphatic rings. The Hall–Kier alpha value is -1.08. The van der Waals surface area contributed by atoms with E-state index in [2.05, 4.69) is 25.6 Å². The van der Waals surface area contributed by atoms with E-state index < -0.39 is 0 Å². The van der Waals surface area contributed by atoms with E-state index in [9.17, 15) is 0 Å². The average Bonchev–Trinajstić information content (AvgIpc) is 2.03. The molecule has 1 heteroatoms. The van der Waals surface area contributed by atoms with Crippen LogP contribution in [-0.2, 0) is 0 Å². The van der Waals surface area contributed by atoms with Crippen molar-refractivity contribution in [3.05, 3.63) is 48.0 Å². The molecule has 0 unspecified atom stereocenters. The standard InChI is InChI=1S/C10H13N/c1-3-10(11)9-6-4-5-8(2)7-9/h3-7,10H,1,11H2,2H3/t10-/m0/s1. The van der Waals surface area contributed by atoms with Gasteiger partial charge in [-0.2, -0.15) is 0 Å². The quantitative estimate of drug-likeness (QED) is 0.637. The minimum atomic E-state index is -0.0325. The Morgan fingerprint density at radius 3 is 2.82 bits per heavy atom. The molecule has 0 saturated heterocycles. The van der Waals surface area contributed by atoms with E-state index in [0.29, 0.717) is 0 Å². The molecular formula is C10H13N. The minimum absolute atomic E-state index is 0.0325. The maximum absolute atomic E-state index is 5.75. The second-order valence-electron chi connectivity index (χ2n) is 2.68. The van der Waals surface area contributed by atoms with Crippen molar-refractivity contribution >= 4 is 0 Å². The zero-order chi connectivity index (χ0) is 8.27. The average molecular weight is 147 g/mol. The summed E-state index contributed by atoms with van der Waals surface area (Å²) >= 11 is 0. The van der Waals surface area contributed by atoms with Gasteiger partial charge in [0.15, 0.2) is 0 Å². The highest BCUT2D eigenvalue weighted by atomic mass is 14.6. The summed E-state index contributed by atoms with van der Waals surface area (Å²) in [6.07, 6.45) is 1.74. The number of benzene rings is 1. The molecule has 1 atom stereocenters. The Morgan fingerprint density at radius 1 is 1.55 bits per heavy atom. The number of hydrogen-bond acceptors (Lipinski definition) is 1. The SMILES string of the molecule is C=C[C@H](N)c1cccc(C)c1. The highest BCUT2D eigenvalue weighted by molar-refractivity contribution is 5.26. The molecule has 0 fully saturated rings. The molecule has 0 aliphatic carbocycles. The Balaban J connectivity index is 2.95. The van der Waals surface area contributed by atoms with Gasteiger partial charge in [0, 0.05) is 6.04 Å². The van der Waals surface area contributed by atoms with Crippen molar-refractivity contribution in [3.8, 4) is 0 Å². The predicted molar refractivity (Wildman–Crippen MR) is 48.3 cm³/mol. The minimum Gasteiger partial charge on any atom is -0.321 e. The van der Waals surface area contributed by atoms with Gasteiger partial charge >= 0.3 is 0 Å². The first kappa shape index (κ1) is 8.02. The molecule has 0 saturated carbocycles. The third-order valence-corrected chi connectivity index (χ3v) is 1.68. The van der Waals surface area contributed by atoms with Crippen LogP contribution in [0.3, 0.4) is 0 Å².